The lowest BCUT2D eigenvalue weighted by molar-refractivity contribution is 0.0732. The normalized spacial score (nSPS) is 10.3. The second-order valence-corrected chi connectivity index (χ2v) is 7.00. The van der Waals surface area contributed by atoms with Gasteiger partial charge in [-0.1, -0.05) is 0 Å². The number of benzene rings is 2. The van der Waals surface area contributed by atoms with Gasteiger partial charge < -0.3 is 9.84 Å². The summed E-state index contributed by atoms with van der Waals surface area (Å²) in [6.45, 7) is 0. The third kappa shape index (κ3) is 3.72. The van der Waals surface area contributed by atoms with Gasteiger partial charge in [-0.05, 0) is 104 Å². The van der Waals surface area contributed by atoms with E-state index in [1.165, 1.54) is 12.1 Å². The quantitative estimate of drug-likeness (QED) is 0.243. The van der Waals surface area contributed by atoms with Crippen molar-refractivity contribution in [2.45, 2.75) is 0 Å². The molecule has 0 radical (unpaired) electrons. The Kier molecular flexibility index (Phi) is 5.29. The van der Waals surface area contributed by atoms with Crippen molar-refractivity contribution in [3.05, 3.63) is 52.7 Å². The molecular formula is C13H7I3O3. The summed E-state index contributed by atoms with van der Waals surface area (Å²) in [5.41, 5.74) is 0.571. The third-order valence-electron chi connectivity index (χ3n) is 2.30. The maximum absolute atomic E-state index is 12.2. The molecule has 0 heterocycles. The minimum absolute atomic E-state index is 0.137. The van der Waals surface area contributed by atoms with E-state index in [9.17, 15) is 9.90 Å². The van der Waals surface area contributed by atoms with Gasteiger partial charge in [0.1, 0.15) is 11.5 Å². The Morgan fingerprint density at radius 3 is 2.16 bits per heavy atom. The van der Waals surface area contributed by atoms with Crippen LogP contribution in [0.15, 0.2) is 36.4 Å². The Hall–Kier alpha value is -0.1000. The highest BCUT2D eigenvalue weighted by Gasteiger charge is 2.18. The molecular weight excluding hydrogens is 585 g/mol. The third-order valence-corrected chi connectivity index (χ3v) is 6.25. The predicted octanol–water partition coefficient (Wildman–Crippen LogP) is 4.43. The second kappa shape index (κ2) is 6.57. The Bertz CT molecular complexity index is 624. The molecule has 19 heavy (non-hydrogen) atoms. The molecule has 0 atom stereocenters. The Balaban J connectivity index is 2.30. The molecule has 0 saturated carbocycles. The van der Waals surface area contributed by atoms with Gasteiger partial charge in [-0.15, -0.1) is 0 Å². The van der Waals surface area contributed by atoms with Crippen LogP contribution in [0.25, 0.3) is 0 Å². The summed E-state index contributed by atoms with van der Waals surface area (Å²) in [5, 5.41) is 9.19. The van der Waals surface area contributed by atoms with Crippen LogP contribution in [0.5, 0.6) is 11.5 Å². The molecule has 0 aromatic heterocycles. The van der Waals surface area contributed by atoms with Gasteiger partial charge >= 0.3 is 5.97 Å². The molecule has 98 valence electrons. The number of phenolic OH excluding ortho intramolecular Hbond substituents is 1. The van der Waals surface area contributed by atoms with Gasteiger partial charge in [-0.3, -0.25) is 0 Å². The van der Waals surface area contributed by atoms with Crippen LogP contribution in [-0.4, -0.2) is 11.1 Å². The van der Waals surface area contributed by atoms with Gasteiger partial charge in [0.05, 0.1) is 5.56 Å². The lowest BCUT2D eigenvalue weighted by Crippen LogP contribution is -2.13. The first-order chi connectivity index (χ1) is 8.99. The summed E-state index contributed by atoms with van der Waals surface area (Å²) in [7, 11) is 0. The van der Waals surface area contributed by atoms with Crippen molar-refractivity contribution in [2.24, 2.45) is 0 Å². The van der Waals surface area contributed by atoms with E-state index >= 15 is 0 Å². The average molecular weight is 592 g/mol. The van der Waals surface area contributed by atoms with Crippen molar-refractivity contribution in [2.75, 3.05) is 0 Å². The average Bonchev–Trinajstić information content (AvgIpc) is 2.37. The minimum Gasteiger partial charge on any atom is -0.508 e. The van der Waals surface area contributed by atoms with Crippen LogP contribution in [0.3, 0.4) is 0 Å². The molecule has 2 rings (SSSR count). The van der Waals surface area contributed by atoms with E-state index < -0.39 is 5.97 Å². The first-order valence-electron chi connectivity index (χ1n) is 5.13. The molecule has 1 N–H and O–H groups in total. The van der Waals surface area contributed by atoms with E-state index in [4.69, 9.17) is 4.74 Å². The van der Waals surface area contributed by atoms with Crippen molar-refractivity contribution >= 4 is 73.7 Å². The first kappa shape index (κ1) is 15.3. The maximum atomic E-state index is 12.2. The number of hydrogen-bond acceptors (Lipinski definition) is 3. The smallest absolute Gasteiger partial charge is 0.345 e. The van der Waals surface area contributed by atoms with Gasteiger partial charge in [0.25, 0.3) is 0 Å². The molecule has 2 aromatic rings. The molecule has 2 aromatic carbocycles. The monoisotopic (exact) mass is 592 g/mol. The number of phenols is 1. The fourth-order valence-electron chi connectivity index (χ4n) is 1.39. The summed E-state index contributed by atoms with van der Waals surface area (Å²) in [6, 6.07) is 9.92. The van der Waals surface area contributed by atoms with Crippen molar-refractivity contribution in [1.29, 1.82) is 0 Å². The van der Waals surface area contributed by atoms with Gasteiger partial charge in [-0.25, -0.2) is 4.79 Å². The van der Waals surface area contributed by atoms with Crippen LogP contribution in [0.1, 0.15) is 10.4 Å². The fraction of sp³-hybridized carbons (Fsp3) is 0. The fourth-order valence-corrected chi connectivity index (χ4v) is 3.71. The molecule has 0 fully saturated rings. The number of esters is 1. The van der Waals surface area contributed by atoms with Crippen molar-refractivity contribution < 1.29 is 14.6 Å². The summed E-state index contributed by atoms with van der Waals surface area (Å²) in [4.78, 5) is 12.2. The number of ether oxygens (including phenoxy) is 1. The Morgan fingerprint density at radius 2 is 1.53 bits per heavy atom. The van der Waals surface area contributed by atoms with Gasteiger partial charge in [0.2, 0.25) is 0 Å². The van der Waals surface area contributed by atoms with Crippen LogP contribution >= 0.6 is 67.8 Å². The van der Waals surface area contributed by atoms with E-state index in [-0.39, 0.29) is 5.75 Å². The lowest BCUT2D eigenvalue weighted by Gasteiger charge is -2.09. The maximum Gasteiger partial charge on any atom is 0.345 e. The number of carbonyl (C=O) groups is 1. The molecule has 0 aliphatic carbocycles. The van der Waals surface area contributed by atoms with E-state index in [1.54, 1.807) is 12.1 Å². The van der Waals surface area contributed by atoms with E-state index in [2.05, 4.69) is 67.8 Å². The Morgan fingerprint density at radius 1 is 0.947 bits per heavy atom. The largest absolute Gasteiger partial charge is 0.508 e. The lowest BCUT2D eigenvalue weighted by atomic mass is 10.2. The van der Waals surface area contributed by atoms with Crippen molar-refractivity contribution in [1.82, 2.24) is 0 Å². The topological polar surface area (TPSA) is 46.5 Å². The van der Waals surface area contributed by atoms with Gasteiger partial charge in [0.15, 0.2) is 0 Å². The molecule has 0 unspecified atom stereocenters. The molecule has 0 aliphatic rings. The van der Waals surface area contributed by atoms with Crippen LogP contribution in [0, 0.1) is 10.7 Å². The molecule has 0 amide bonds. The summed E-state index contributed by atoms with van der Waals surface area (Å²) < 4.78 is 8.06. The van der Waals surface area contributed by atoms with Crippen molar-refractivity contribution in [3.63, 3.8) is 0 Å². The summed E-state index contributed by atoms with van der Waals surface area (Å²) in [5.74, 6) is 0.157. The predicted molar refractivity (Wildman–Crippen MR) is 97.7 cm³/mol. The second-order valence-electron chi connectivity index (χ2n) is 3.60. The molecule has 0 saturated heterocycles. The highest BCUT2D eigenvalue weighted by molar-refractivity contribution is 14.1. The number of aromatic hydroxyl groups is 1. The van der Waals surface area contributed by atoms with Crippen LogP contribution in [0.4, 0.5) is 0 Å². The van der Waals surface area contributed by atoms with Gasteiger partial charge in [0, 0.05) is 10.7 Å². The summed E-state index contributed by atoms with van der Waals surface area (Å²) in [6.07, 6.45) is 0. The molecule has 0 spiro atoms. The van der Waals surface area contributed by atoms with E-state index in [0.717, 1.165) is 10.7 Å². The van der Waals surface area contributed by atoms with Gasteiger partial charge in [-0.2, -0.15) is 0 Å². The van der Waals surface area contributed by atoms with Crippen LogP contribution in [0.2, 0.25) is 0 Å². The SMILES string of the molecule is O=C(Oc1ccc(O)cc1)c1c(I)ccc(I)c1I. The first-order valence-corrected chi connectivity index (χ1v) is 8.37. The highest BCUT2D eigenvalue weighted by atomic mass is 127. The highest BCUT2D eigenvalue weighted by Crippen LogP contribution is 2.26. The van der Waals surface area contributed by atoms with E-state index in [0.29, 0.717) is 11.3 Å². The molecule has 0 bridgehead atoms. The number of halogens is 3. The molecule has 3 nitrogen and oxygen atoms in total. The zero-order valence-corrected chi connectivity index (χ0v) is 15.8. The zero-order valence-electron chi connectivity index (χ0n) is 9.36. The van der Waals surface area contributed by atoms with E-state index in [1.807, 2.05) is 12.1 Å². The molecule has 0 aliphatic heterocycles. The summed E-state index contributed by atoms with van der Waals surface area (Å²) >= 11 is 6.44. The standard InChI is InChI=1S/C13H7I3O3/c14-9-5-6-10(15)12(16)11(9)13(18)19-8-3-1-7(17)2-4-8/h1-6,17H. The number of carbonyl (C=O) groups excluding carboxylic acids is 1. The van der Waals surface area contributed by atoms with Crippen molar-refractivity contribution in [3.8, 4) is 11.5 Å². The zero-order chi connectivity index (χ0) is 14.0. The number of rotatable bonds is 2. The number of hydrogen-bond donors (Lipinski definition) is 1. The minimum atomic E-state index is -0.391. The van der Waals surface area contributed by atoms with Crippen LogP contribution < -0.4 is 4.74 Å². The van der Waals surface area contributed by atoms with Crippen LogP contribution in [-0.2, 0) is 0 Å². The Labute approximate surface area is 151 Å². The molecule has 6 heteroatoms.